The number of phenolic OH excluding ortho intramolecular Hbond substituents is 1. The number of nitrogens with zero attached hydrogens (tertiary/aromatic N) is 4. The van der Waals surface area contributed by atoms with E-state index in [2.05, 4.69) is 50.2 Å². The zero-order valence-electron chi connectivity index (χ0n) is 16.8. The Morgan fingerprint density at radius 1 is 0.967 bits per heavy atom. The van der Waals surface area contributed by atoms with E-state index in [0.717, 1.165) is 60.0 Å². The number of benzene rings is 2. The van der Waals surface area contributed by atoms with Crippen molar-refractivity contribution in [3.05, 3.63) is 59.8 Å². The first-order valence-electron chi connectivity index (χ1n) is 10.1. The van der Waals surface area contributed by atoms with Gasteiger partial charge in [0.05, 0.1) is 16.7 Å². The van der Waals surface area contributed by atoms with E-state index >= 15 is 0 Å². The van der Waals surface area contributed by atoms with E-state index < -0.39 is 0 Å². The minimum absolute atomic E-state index is 0.261. The molecule has 0 saturated carbocycles. The maximum atomic E-state index is 9.38. The molecule has 2 aromatic heterocycles. The second-order valence-electron chi connectivity index (χ2n) is 7.71. The Morgan fingerprint density at radius 2 is 1.77 bits per heavy atom. The highest BCUT2D eigenvalue weighted by Gasteiger charge is 2.16. The summed E-state index contributed by atoms with van der Waals surface area (Å²) in [6, 6.07) is 15.4. The number of hydrogen-bond donors (Lipinski definition) is 3. The number of fused-ring (bicyclic) bond motifs is 1. The topological polar surface area (TPSA) is 84.1 Å². The van der Waals surface area contributed by atoms with Crippen molar-refractivity contribution in [3.8, 4) is 17.3 Å². The normalized spacial score (nSPS) is 15.4. The molecule has 0 aliphatic carbocycles. The van der Waals surface area contributed by atoms with Gasteiger partial charge in [-0.3, -0.25) is 5.10 Å². The highest BCUT2D eigenvalue weighted by atomic mass is 16.3. The lowest BCUT2D eigenvalue weighted by molar-refractivity contribution is 0.313. The van der Waals surface area contributed by atoms with Crippen LogP contribution in [0.4, 0.5) is 5.69 Å². The lowest BCUT2D eigenvalue weighted by atomic mass is 10.2. The molecule has 152 valence electrons. The van der Waals surface area contributed by atoms with Crippen LogP contribution in [0.1, 0.15) is 11.3 Å². The van der Waals surface area contributed by atoms with E-state index in [1.807, 2.05) is 30.4 Å². The van der Waals surface area contributed by atoms with Gasteiger partial charge in [-0.25, -0.2) is 4.98 Å². The maximum Gasteiger partial charge on any atom is 0.159 e. The quantitative estimate of drug-likeness (QED) is 0.488. The molecule has 3 heterocycles. The van der Waals surface area contributed by atoms with E-state index in [1.54, 1.807) is 12.1 Å². The molecule has 7 nitrogen and oxygen atoms in total. The Morgan fingerprint density at radius 3 is 2.57 bits per heavy atom. The van der Waals surface area contributed by atoms with Crippen LogP contribution in [0.2, 0.25) is 0 Å². The Bertz CT molecular complexity index is 1180. The highest BCUT2D eigenvalue weighted by molar-refractivity contribution is 5.83. The second-order valence-corrected chi connectivity index (χ2v) is 7.71. The number of rotatable bonds is 4. The molecule has 1 aliphatic heterocycles. The number of aromatic amines is 2. The Labute approximate surface area is 174 Å². The van der Waals surface area contributed by atoms with Gasteiger partial charge < -0.3 is 19.9 Å². The van der Waals surface area contributed by atoms with Gasteiger partial charge >= 0.3 is 0 Å². The Balaban J connectivity index is 1.35. The van der Waals surface area contributed by atoms with Crippen LogP contribution in [-0.4, -0.2) is 63.4 Å². The van der Waals surface area contributed by atoms with Crippen molar-refractivity contribution in [2.75, 3.05) is 38.1 Å². The molecule has 0 radical (unpaired) electrons. The van der Waals surface area contributed by atoms with E-state index in [9.17, 15) is 5.11 Å². The number of nitrogens with one attached hydrogen (secondary N) is 2. The number of aromatic hydroxyl groups is 1. The summed E-state index contributed by atoms with van der Waals surface area (Å²) in [5, 5.41) is 16.8. The molecule has 1 fully saturated rings. The number of likely N-dealkylation sites (N-methyl/N-ethyl adjacent to an activating group) is 1. The summed E-state index contributed by atoms with van der Waals surface area (Å²) >= 11 is 0. The van der Waals surface area contributed by atoms with Gasteiger partial charge in [0.15, 0.2) is 5.82 Å². The maximum absolute atomic E-state index is 9.38. The summed E-state index contributed by atoms with van der Waals surface area (Å²) in [7, 11) is 2.17. The smallest absolute Gasteiger partial charge is 0.159 e. The minimum Gasteiger partial charge on any atom is -0.508 e. The van der Waals surface area contributed by atoms with Crippen molar-refractivity contribution in [1.82, 2.24) is 25.1 Å². The molecule has 4 aromatic rings. The highest BCUT2D eigenvalue weighted by Crippen LogP contribution is 2.25. The van der Waals surface area contributed by atoms with Gasteiger partial charge in [0.25, 0.3) is 0 Å². The minimum atomic E-state index is 0.261. The van der Waals surface area contributed by atoms with Crippen LogP contribution in [0.5, 0.6) is 5.75 Å². The summed E-state index contributed by atoms with van der Waals surface area (Å²) in [4.78, 5) is 12.9. The predicted molar refractivity (Wildman–Crippen MR) is 120 cm³/mol. The summed E-state index contributed by atoms with van der Waals surface area (Å²) < 4.78 is 0. The van der Waals surface area contributed by atoms with Crippen LogP contribution in [-0.2, 0) is 0 Å². The summed E-state index contributed by atoms with van der Waals surface area (Å²) in [6.45, 7) is 4.25. The second kappa shape index (κ2) is 7.68. The molecule has 2 aromatic carbocycles. The van der Waals surface area contributed by atoms with E-state index in [0.29, 0.717) is 0 Å². The number of hydrogen-bond acceptors (Lipinski definition) is 5. The van der Waals surface area contributed by atoms with Gasteiger partial charge in [0.1, 0.15) is 11.4 Å². The number of imidazole rings is 1. The fourth-order valence-corrected chi connectivity index (χ4v) is 3.70. The lowest BCUT2D eigenvalue weighted by Gasteiger charge is -2.34. The number of piperazine rings is 1. The first-order chi connectivity index (χ1) is 14.6. The Kier molecular flexibility index (Phi) is 4.72. The summed E-state index contributed by atoms with van der Waals surface area (Å²) in [6.07, 6.45) is 3.93. The predicted octanol–water partition coefficient (Wildman–Crippen LogP) is 3.58. The zero-order valence-corrected chi connectivity index (χ0v) is 16.8. The lowest BCUT2D eigenvalue weighted by Crippen LogP contribution is -2.44. The van der Waals surface area contributed by atoms with E-state index in [4.69, 9.17) is 4.98 Å². The van der Waals surface area contributed by atoms with Crippen LogP contribution in [0.3, 0.4) is 0 Å². The molecular weight excluding hydrogens is 376 g/mol. The van der Waals surface area contributed by atoms with Crippen LogP contribution >= 0.6 is 0 Å². The molecule has 5 rings (SSSR count). The van der Waals surface area contributed by atoms with Gasteiger partial charge in [0.2, 0.25) is 0 Å². The van der Waals surface area contributed by atoms with Crippen molar-refractivity contribution < 1.29 is 5.11 Å². The molecule has 0 spiro atoms. The fourth-order valence-electron chi connectivity index (χ4n) is 3.70. The summed E-state index contributed by atoms with van der Waals surface area (Å²) in [5.41, 5.74) is 5.85. The van der Waals surface area contributed by atoms with E-state index in [-0.39, 0.29) is 5.75 Å². The fraction of sp³-hybridized carbons (Fsp3) is 0.217. The summed E-state index contributed by atoms with van der Waals surface area (Å²) in [5.74, 6) is 1.01. The largest absolute Gasteiger partial charge is 0.508 e. The molecule has 30 heavy (non-hydrogen) atoms. The van der Waals surface area contributed by atoms with Crippen molar-refractivity contribution in [2.45, 2.75) is 0 Å². The number of anilines is 1. The molecule has 0 atom stereocenters. The average Bonchev–Trinajstić information content (AvgIpc) is 3.40. The molecule has 1 aliphatic rings. The molecular formula is C23H24N6O. The van der Waals surface area contributed by atoms with E-state index in [1.165, 1.54) is 5.69 Å². The number of aromatic nitrogens is 4. The van der Waals surface area contributed by atoms with Crippen molar-refractivity contribution >= 4 is 28.9 Å². The molecule has 3 N–H and O–H groups in total. The third-order valence-electron chi connectivity index (χ3n) is 5.52. The molecule has 0 bridgehead atoms. The molecule has 1 saturated heterocycles. The van der Waals surface area contributed by atoms with Gasteiger partial charge in [0, 0.05) is 31.9 Å². The number of phenols is 1. The van der Waals surface area contributed by atoms with Crippen LogP contribution in [0.15, 0.2) is 48.5 Å². The van der Waals surface area contributed by atoms with Crippen molar-refractivity contribution in [2.24, 2.45) is 0 Å². The third kappa shape index (κ3) is 3.79. The molecule has 0 unspecified atom stereocenters. The van der Waals surface area contributed by atoms with Gasteiger partial charge in [-0.2, -0.15) is 5.10 Å². The Hall–Kier alpha value is -3.58. The standard InChI is InChI=1S/C23H24N6O/c1-28-10-12-29(13-11-28)18-6-9-20-21(15-18)25-23(24-20)22-14-17(26-27-22)5-2-16-3-7-19(30)8-4-16/h2-9,14-15,30H,10-13H2,1H3,(H,24,25)(H,26,27). The SMILES string of the molecule is CN1CCN(c2ccc3nc(-c4cc(C=Cc5ccc(O)cc5)[nH]n4)[nH]c3c2)CC1. The van der Waals surface area contributed by atoms with Crippen LogP contribution < -0.4 is 4.90 Å². The molecule has 0 amide bonds. The first kappa shape index (κ1) is 18.4. The zero-order chi connectivity index (χ0) is 20.5. The van der Waals surface area contributed by atoms with Crippen LogP contribution in [0, 0.1) is 0 Å². The average molecular weight is 400 g/mol. The van der Waals surface area contributed by atoms with Crippen molar-refractivity contribution in [1.29, 1.82) is 0 Å². The van der Waals surface area contributed by atoms with Crippen molar-refractivity contribution in [3.63, 3.8) is 0 Å². The molecule has 7 heteroatoms. The van der Waals surface area contributed by atoms with Crippen LogP contribution in [0.25, 0.3) is 34.7 Å². The first-order valence-corrected chi connectivity index (χ1v) is 10.1. The van der Waals surface area contributed by atoms with Gasteiger partial charge in [-0.1, -0.05) is 18.2 Å². The monoisotopic (exact) mass is 400 g/mol. The third-order valence-corrected chi connectivity index (χ3v) is 5.52. The van der Waals surface area contributed by atoms with Gasteiger partial charge in [-0.15, -0.1) is 0 Å². The van der Waals surface area contributed by atoms with Gasteiger partial charge in [-0.05, 0) is 55.1 Å². The number of H-pyrrole nitrogens is 2.